The highest BCUT2D eigenvalue weighted by atomic mass is 32.2. The summed E-state index contributed by atoms with van der Waals surface area (Å²) in [7, 11) is -2.24. The molecule has 2 saturated heterocycles. The molecule has 1 amide bonds. The van der Waals surface area contributed by atoms with Gasteiger partial charge in [-0.05, 0) is 43.5 Å². The molecule has 0 saturated carbocycles. The monoisotopic (exact) mass is 471 g/mol. The largest absolute Gasteiger partial charge is 0.497 e. The Bertz CT molecular complexity index is 828. The van der Waals surface area contributed by atoms with Crippen LogP contribution in [0.1, 0.15) is 19.3 Å². The maximum absolute atomic E-state index is 12.7. The molecule has 2 aliphatic heterocycles. The molecule has 2 aliphatic rings. The van der Waals surface area contributed by atoms with Crippen LogP contribution >= 0.6 is 0 Å². The van der Waals surface area contributed by atoms with E-state index in [2.05, 4.69) is 14.9 Å². The van der Waals surface area contributed by atoms with Crippen molar-refractivity contribution >= 4 is 15.9 Å². The number of morpholine rings is 1. The molecule has 3 rings (SSSR count). The molecule has 3 N–H and O–H groups in total. The van der Waals surface area contributed by atoms with Gasteiger partial charge in [0.1, 0.15) is 5.75 Å². The van der Waals surface area contributed by atoms with Crippen LogP contribution in [-0.4, -0.2) is 95.7 Å². The Kier molecular flexibility index (Phi) is 9.26. The zero-order chi connectivity index (χ0) is 23.0. The Balaban J connectivity index is 1.44. The van der Waals surface area contributed by atoms with Gasteiger partial charge in [0, 0.05) is 19.6 Å². The highest BCUT2D eigenvalue weighted by Gasteiger charge is 2.34. The lowest BCUT2D eigenvalue weighted by atomic mass is 9.98. The highest BCUT2D eigenvalue weighted by molar-refractivity contribution is 7.89. The molecule has 0 bridgehead atoms. The lowest BCUT2D eigenvalue weighted by Gasteiger charge is -2.36. The SMILES string of the molecule is COc1ccc(S(=O)(=O)N[C@@H]2CC[C@H](CCNC(=O)CN3CCOCC3)O[C@@H]2CO)cc1. The molecule has 3 atom stereocenters. The van der Waals surface area contributed by atoms with Gasteiger partial charge in [0.15, 0.2) is 0 Å². The number of hydrogen-bond donors (Lipinski definition) is 3. The standard InChI is InChI=1S/C21H33N3O7S/c1-29-16-2-5-18(6-3-16)32(27,28)23-19-7-4-17(31-20(19)15-25)8-9-22-21(26)14-24-10-12-30-13-11-24/h2-3,5-6,17,19-20,23,25H,4,7-15H2,1H3,(H,22,26)/t17-,19-,20-/m1/s1. The van der Waals surface area contributed by atoms with Crippen LogP contribution in [0.5, 0.6) is 5.75 Å². The third kappa shape index (κ3) is 7.12. The average Bonchev–Trinajstić information content (AvgIpc) is 2.80. The van der Waals surface area contributed by atoms with Crippen LogP contribution in [0, 0.1) is 0 Å². The molecule has 10 nitrogen and oxygen atoms in total. The van der Waals surface area contributed by atoms with Crippen molar-refractivity contribution in [2.45, 2.75) is 42.4 Å². The van der Waals surface area contributed by atoms with E-state index in [9.17, 15) is 18.3 Å². The predicted octanol–water partition coefficient (Wildman–Crippen LogP) is -0.279. The van der Waals surface area contributed by atoms with E-state index in [1.807, 2.05) is 0 Å². The summed E-state index contributed by atoms with van der Waals surface area (Å²) in [5.41, 5.74) is 0. The van der Waals surface area contributed by atoms with Gasteiger partial charge >= 0.3 is 0 Å². The summed E-state index contributed by atoms with van der Waals surface area (Å²) >= 11 is 0. The Labute approximate surface area is 189 Å². The minimum absolute atomic E-state index is 0.0356. The first kappa shape index (κ1) is 24.9. The number of carbonyl (C=O) groups excluding carboxylic acids is 1. The zero-order valence-electron chi connectivity index (χ0n) is 18.4. The van der Waals surface area contributed by atoms with Crippen molar-refractivity contribution in [3.8, 4) is 5.75 Å². The van der Waals surface area contributed by atoms with Crippen molar-refractivity contribution in [1.29, 1.82) is 0 Å². The van der Waals surface area contributed by atoms with E-state index in [-0.39, 0.29) is 23.5 Å². The van der Waals surface area contributed by atoms with Crippen LogP contribution in [0.25, 0.3) is 0 Å². The molecule has 11 heteroatoms. The van der Waals surface area contributed by atoms with Crippen LogP contribution in [0.2, 0.25) is 0 Å². The minimum Gasteiger partial charge on any atom is -0.497 e. The van der Waals surface area contributed by atoms with E-state index >= 15 is 0 Å². The van der Waals surface area contributed by atoms with Crippen molar-refractivity contribution in [1.82, 2.24) is 14.9 Å². The fourth-order valence-electron chi connectivity index (χ4n) is 3.89. The number of amides is 1. The van der Waals surface area contributed by atoms with Crippen LogP contribution in [0.3, 0.4) is 0 Å². The number of methoxy groups -OCH3 is 1. The number of nitrogens with one attached hydrogen (secondary N) is 2. The van der Waals surface area contributed by atoms with E-state index in [0.29, 0.717) is 51.3 Å². The molecule has 0 unspecified atom stereocenters. The number of benzene rings is 1. The third-order valence-electron chi connectivity index (χ3n) is 5.73. The molecular weight excluding hydrogens is 438 g/mol. The molecule has 0 spiro atoms. The predicted molar refractivity (Wildman–Crippen MR) is 117 cm³/mol. The minimum atomic E-state index is -3.75. The first-order valence-corrected chi connectivity index (χ1v) is 12.4. The fraction of sp³-hybridized carbons (Fsp3) is 0.667. The third-order valence-corrected chi connectivity index (χ3v) is 7.24. The highest BCUT2D eigenvalue weighted by Crippen LogP contribution is 2.24. The van der Waals surface area contributed by atoms with E-state index in [1.54, 1.807) is 12.1 Å². The topological polar surface area (TPSA) is 126 Å². The molecule has 2 heterocycles. The van der Waals surface area contributed by atoms with E-state index < -0.39 is 22.2 Å². The van der Waals surface area contributed by atoms with E-state index in [1.165, 1.54) is 19.2 Å². The fourth-order valence-corrected chi connectivity index (χ4v) is 5.19. The van der Waals surface area contributed by atoms with Crippen LogP contribution < -0.4 is 14.8 Å². The van der Waals surface area contributed by atoms with Crippen LogP contribution in [0.4, 0.5) is 0 Å². The summed E-state index contributed by atoms with van der Waals surface area (Å²) in [6, 6.07) is 5.58. The molecule has 1 aromatic carbocycles. The summed E-state index contributed by atoms with van der Waals surface area (Å²) in [6.07, 6.45) is 0.963. The average molecular weight is 472 g/mol. The quantitative estimate of drug-likeness (QED) is 0.425. The van der Waals surface area contributed by atoms with Gasteiger partial charge in [-0.15, -0.1) is 0 Å². The first-order valence-electron chi connectivity index (χ1n) is 10.9. The second-order valence-corrected chi connectivity index (χ2v) is 9.70. The summed E-state index contributed by atoms with van der Waals surface area (Å²) in [4.78, 5) is 14.3. The molecule has 0 aromatic heterocycles. The van der Waals surface area contributed by atoms with Gasteiger partial charge in [-0.2, -0.15) is 0 Å². The summed E-state index contributed by atoms with van der Waals surface area (Å²) in [5.74, 6) is 0.532. The number of sulfonamides is 1. The van der Waals surface area contributed by atoms with Crippen molar-refractivity contribution in [2.24, 2.45) is 0 Å². The van der Waals surface area contributed by atoms with E-state index in [4.69, 9.17) is 14.2 Å². The maximum atomic E-state index is 12.7. The molecule has 1 aromatic rings. The molecular formula is C21H33N3O7S. The summed E-state index contributed by atoms with van der Waals surface area (Å²) in [5, 5.41) is 12.7. The number of ether oxygens (including phenoxy) is 3. The van der Waals surface area contributed by atoms with Crippen molar-refractivity contribution < 1.29 is 32.5 Å². The number of rotatable bonds is 10. The Hall–Kier alpha value is -1.76. The maximum Gasteiger partial charge on any atom is 0.240 e. The van der Waals surface area contributed by atoms with Crippen molar-refractivity contribution in [3.63, 3.8) is 0 Å². The first-order chi connectivity index (χ1) is 15.4. The van der Waals surface area contributed by atoms with Gasteiger partial charge < -0.3 is 24.6 Å². The Morgan fingerprint density at radius 1 is 1.22 bits per heavy atom. The number of aliphatic hydroxyl groups is 1. The number of aliphatic hydroxyl groups excluding tert-OH is 1. The van der Waals surface area contributed by atoms with Gasteiger partial charge in [0.05, 0.1) is 56.6 Å². The second-order valence-electron chi connectivity index (χ2n) is 7.99. The second kappa shape index (κ2) is 11.9. The lowest BCUT2D eigenvalue weighted by Crippen LogP contribution is -2.51. The molecule has 0 aliphatic carbocycles. The molecule has 32 heavy (non-hydrogen) atoms. The van der Waals surface area contributed by atoms with Crippen LogP contribution in [0.15, 0.2) is 29.2 Å². The smallest absolute Gasteiger partial charge is 0.240 e. The summed E-state index contributed by atoms with van der Waals surface area (Å²) < 4.78 is 44.3. The van der Waals surface area contributed by atoms with Gasteiger partial charge in [0.25, 0.3) is 0 Å². The molecule has 180 valence electrons. The van der Waals surface area contributed by atoms with Gasteiger partial charge in [-0.25, -0.2) is 13.1 Å². The zero-order valence-corrected chi connectivity index (χ0v) is 19.2. The van der Waals surface area contributed by atoms with Crippen LogP contribution in [-0.2, 0) is 24.3 Å². The Morgan fingerprint density at radius 3 is 2.59 bits per heavy atom. The number of carbonyl (C=O) groups is 1. The number of hydrogen-bond acceptors (Lipinski definition) is 8. The Morgan fingerprint density at radius 2 is 1.94 bits per heavy atom. The van der Waals surface area contributed by atoms with Crippen molar-refractivity contribution in [2.75, 3.05) is 53.1 Å². The lowest BCUT2D eigenvalue weighted by molar-refractivity contribution is -0.123. The molecule has 0 radical (unpaired) electrons. The van der Waals surface area contributed by atoms with Gasteiger partial charge in [-0.3, -0.25) is 9.69 Å². The normalized spacial score (nSPS) is 24.8. The number of nitrogens with zero attached hydrogens (tertiary/aromatic N) is 1. The summed E-state index contributed by atoms with van der Waals surface area (Å²) in [6.45, 7) is 3.33. The molecule has 2 fully saturated rings. The van der Waals surface area contributed by atoms with E-state index in [0.717, 1.165) is 13.1 Å². The van der Waals surface area contributed by atoms with Gasteiger partial charge in [0.2, 0.25) is 15.9 Å². The van der Waals surface area contributed by atoms with Gasteiger partial charge in [-0.1, -0.05) is 0 Å². The van der Waals surface area contributed by atoms with Crippen molar-refractivity contribution in [3.05, 3.63) is 24.3 Å².